The number of benzene rings is 1. The predicted octanol–water partition coefficient (Wildman–Crippen LogP) is 3.05. The van der Waals surface area contributed by atoms with Gasteiger partial charge in [0.05, 0.1) is 11.8 Å². The van der Waals surface area contributed by atoms with Crippen LogP contribution < -0.4 is 5.73 Å². The first kappa shape index (κ1) is 13.5. The van der Waals surface area contributed by atoms with Crippen molar-refractivity contribution >= 4 is 17.4 Å². The number of hydrogen-bond donors (Lipinski definition) is 2. The molecule has 2 aromatic rings. The van der Waals surface area contributed by atoms with E-state index in [1.165, 1.54) is 24.0 Å². The average Bonchev–Trinajstić information content (AvgIpc) is 2.61. The SMILES string of the molecule is Cn1ncc(-c2cc(Cl)cc(C(F)(F)F)c2O)c1N. The minimum absolute atomic E-state index is 0.106. The van der Waals surface area contributed by atoms with Gasteiger partial charge in [0, 0.05) is 23.2 Å². The zero-order chi connectivity index (χ0) is 14.4. The number of anilines is 1. The summed E-state index contributed by atoms with van der Waals surface area (Å²) in [6, 6.07) is 1.87. The van der Waals surface area contributed by atoms with Crippen LogP contribution in [0.5, 0.6) is 5.75 Å². The molecule has 0 amide bonds. The van der Waals surface area contributed by atoms with Gasteiger partial charge in [0.2, 0.25) is 0 Å². The molecule has 0 aliphatic carbocycles. The van der Waals surface area contributed by atoms with Crippen LogP contribution in [0.1, 0.15) is 5.56 Å². The van der Waals surface area contributed by atoms with Gasteiger partial charge in [-0.25, -0.2) is 0 Å². The zero-order valence-electron chi connectivity index (χ0n) is 9.66. The van der Waals surface area contributed by atoms with Crippen LogP contribution in [0.15, 0.2) is 18.3 Å². The van der Waals surface area contributed by atoms with Gasteiger partial charge in [-0.05, 0) is 12.1 Å². The molecule has 102 valence electrons. The summed E-state index contributed by atoms with van der Waals surface area (Å²) in [4.78, 5) is 0. The number of nitrogens with zero attached hydrogens (tertiary/aromatic N) is 2. The van der Waals surface area contributed by atoms with E-state index in [9.17, 15) is 18.3 Å². The number of phenols is 1. The highest BCUT2D eigenvalue weighted by atomic mass is 35.5. The minimum Gasteiger partial charge on any atom is -0.507 e. The first-order valence-electron chi connectivity index (χ1n) is 5.09. The largest absolute Gasteiger partial charge is 0.507 e. The Labute approximate surface area is 111 Å². The average molecular weight is 292 g/mol. The number of aryl methyl sites for hydroxylation is 1. The molecule has 3 N–H and O–H groups in total. The summed E-state index contributed by atoms with van der Waals surface area (Å²) in [5, 5.41) is 13.4. The van der Waals surface area contributed by atoms with Crippen LogP contribution >= 0.6 is 11.6 Å². The third-order valence-electron chi connectivity index (χ3n) is 2.65. The molecule has 19 heavy (non-hydrogen) atoms. The Morgan fingerprint density at radius 2 is 1.95 bits per heavy atom. The summed E-state index contributed by atoms with van der Waals surface area (Å²) in [6.07, 6.45) is -3.44. The Kier molecular flexibility index (Phi) is 3.09. The van der Waals surface area contributed by atoms with Crippen molar-refractivity contribution in [3.8, 4) is 16.9 Å². The van der Waals surface area contributed by atoms with Crippen LogP contribution in [-0.2, 0) is 13.2 Å². The van der Waals surface area contributed by atoms with Crippen molar-refractivity contribution in [3.05, 3.63) is 28.9 Å². The van der Waals surface area contributed by atoms with Crippen molar-refractivity contribution in [2.75, 3.05) is 5.73 Å². The van der Waals surface area contributed by atoms with Crippen molar-refractivity contribution < 1.29 is 18.3 Å². The van der Waals surface area contributed by atoms with Crippen LogP contribution in [0.2, 0.25) is 5.02 Å². The lowest BCUT2D eigenvalue weighted by Crippen LogP contribution is -2.06. The molecule has 1 heterocycles. The number of halogens is 4. The number of aromatic hydroxyl groups is 1. The van der Waals surface area contributed by atoms with Crippen molar-refractivity contribution in [1.82, 2.24) is 9.78 Å². The maximum atomic E-state index is 12.8. The van der Waals surface area contributed by atoms with E-state index in [1.807, 2.05) is 0 Å². The van der Waals surface area contributed by atoms with E-state index >= 15 is 0 Å². The highest BCUT2D eigenvalue weighted by Gasteiger charge is 2.35. The fourth-order valence-corrected chi connectivity index (χ4v) is 1.89. The Hall–Kier alpha value is -1.89. The highest BCUT2D eigenvalue weighted by Crippen LogP contribution is 2.44. The first-order chi connectivity index (χ1) is 8.71. The van der Waals surface area contributed by atoms with E-state index in [0.717, 1.165) is 0 Å². The maximum absolute atomic E-state index is 12.8. The van der Waals surface area contributed by atoms with Gasteiger partial charge in [0.25, 0.3) is 0 Å². The maximum Gasteiger partial charge on any atom is 0.420 e. The number of aromatic nitrogens is 2. The summed E-state index contributed by atoms with van der Waals surface area (Å²) in [7, 11) is 1.53. The molecule has 8 heteroatoms. The van der Waals surface area contributed by atoms with E-state index < -0.39 is 17.5 Å². The van der Waals surface area contributed by atoms with E-state index in [-0.39, 0.29) is 22.0 Å². The quantitative estimate of drug-likeness (QED) is 0.849. The second kappa shape index (κ2) is 4.34. The second-order valence-electron chi connectivity index (χ2n) is 3.91. The monoisotopic (exact) mass is 291 g/mol. The third kappa shape index (κ3) is 2.33. The second-order valence-corrected chi connectivity index (χ2v) is 4.35. The van der Waals surface area contributed by atoms with Crippen molar-refractivity contribution in [2.24, 2.45) is 7.05 Å². The molecule has 0 saturated carbocycles. The Bertz CT molecular complexity index is 637. The summed E-state index contributed by atoms with van der Waals surface area (Å²) in [5.41, 5.74) is 4.55. The highest BCUT2D eigenvalue weighted by molar-refractivity contribution is 6.31. The summed E-state index contributed by atoms with van der Waals surface area (Å²) in [5.74, 6) is -0.790. The van der Waals surface area contributed by atoms with Crippen molar-refractivity contribution in [2.45, 2.75) is 6.18 Å². The molecule has 0 aliphatic rings. The van der Waals surface area contributed by atoms with Gasteiger partial charge in [-0.1, -0.05) is 11.6 Å². The van der Waals surface area contributed by atoms with E-state index in [1.54, 1.807) is 0 Å². The minimum atomic E-state index is -4.71. The Balaban J connectivity index is 2.72. The molecule has 1 aromatic heterocycles. The molecule has 0 spiro atoms. The Morgan fingerprint density at radius 1 is 1.32 bits per heavy atom. The smallest absolute Gasteiger partial charge is 0.420 e. The summed E-state index contributed by atoms with van der Waals surface area (Å²) in [6.45, 7) is 0. The molecule has 0 saturated heterocycles. The molecule has 0 aliphatic heterocycles. The number of nitrogens with two attached hydrogens (primary N) is 1. The molecule has 2 rings (SSSR count). The van der Waals surface area contributed by atoms with Crippen LogP contribution in [0.4, 0.5) is 19.0 Å². The molecule has 0 unspecified atom stereocenters. The number of nitrogen functional groups attached to an aromatic ring is 1. The molecular weight excluding hydrogens is 283 g/mol. The normalized spacial score (nSPS) is 11.8. The molecule has 1 aromatic carbocycles. The predicted molar refractivity (Wildman–Crippen MR) is 64.7 cm³/mol. The van der Waals surface area contributed by atoms with Gasteiger partial charge >= 0.3 is 6.18 Å². The van der Waals surface area contributed by atoms with Crippen LogP contribution in [0.25, 0.3) is 11.1 Å². The summed E-state index contributed by atoms with van der Waals surface area (Å²) < 4.78 is 39.6. The van der Waals surface area contributed by atoms with Gasteiger partial charge in [0.15, 0.2) is 0 Å². The van der Waals surface area contributed by atoms with Gasteiger partial charge < -0.3 is 10.8 Å². The molecule has 0 radical (unpaired) electrons. The number of hydrogen-bond acceptors (Lipinski definition) is 3. The lowest BCUT2D eigenvalue weighted by atomic mass is 10.0. The number of rotatable bonds is 1. The van der Waals surface area contributed by atoms with Crippen molar-refractivity contribution in [3.63, 3.8) is 0 Å². The van der Waals surface area contributed by atoms with Gasteiger partial charge in [-0.15, -0.1) is 0 Å². The van der Waals surface area contributed by atoms with E-state index in [0.29, 0.717) is 6.07 Å². The zero-order valence-corrected chi connectivity index (χ0v) is 10.4. The van der Waals surface area contributed by atoms with Crippen LogP contribution in [0.3, 0.4) is 0 Å². The van der Waals surface area contributed by atoms with Gasteiger partial charge in [-0.3, -0.25) is 4.68 Å². The molecule has 0 fully saturated rings. The fourth-order valence-electron chi connectivity index (χ4n) is 1.68. The molecular formula is C11H9ClF3N3O. The summed E-state index contributed by atoms with van der Waals surface area (Å²) >= 11 is 5.66. The molecule has 0 bridgehead atoms. The standard InChI is InChI=1S/C11H9ClF3N3O/c1-18-10(16)7(4-17-18)6-2-5(12)3-8(9(6)19)11(13,14)15/h2-4,19H,16H2,1H3. The first-order valence-corrected chi connectivity index (χ1v) is 5.47. The van der Waals surface area contributed by atoms with Gasteiger partial charge in [-0.2, -0.15) is 18.3 Å². The van der Waals surface area contributed by atoms with Crippen LogP contribution in [-0.4, -0.2) is 14.9 Å². The molecule has 0 atom stereocenters. The lowest BCUT2D eigenvalue weighted by molar-refractivity contribution is -0.138. The van der Waals surface area contributed by atoms with Crippen LogP contribution in [0, 0.1) is 0 Å². The van der Waals surface area contributed by atoms with Gasteiger partial charge in [0.1, 0.15) is 11.6 Å². The van der Waals surface area contributed by atoms with E-state index in [4.69, 9.17) is 17.3 Å². The lowest BCUT2D eigenvalue weighted by Gasteiger charge is -2.13. The van der Waals surface area contributed by atoms with Crippen molar-refractivity contribution in [1.29, 1.82) is 0 Å². The Morgan fingerprint density at radius 3 is 2.42 bits per heavy atom. The topological polar surface area (TPSA) is 64.1 Å². The fraction of sp³-hybridized carbons (Fsp3) is 0.182. The van der Waals surface area contributed by atoms with E-state index in [2.05, 4.69) is 5.10 Å². The number of alkyl halides is 3. The molecule has 4 nitrogen and oxygen atoms in total. The number of phenolic OH excluding ortho intramolecular Hbond substituents is 1. The third-order valence-corrected chi connectivity index (χ3v) is 2.87.